The van der Waals surface area contributed by atoms with Gasteiger partial charge >= 0.3 is 0 Å². The molecule has 0 saturated carbocycles. The van der Waals surface area contributed by atoms with Crippen molar-refractivity contribution in [2.45, 2.75) is 32.7 Å². The van der Waals surface area contributed by atoms with E-state index >= 15 is 0 Å². The van der Waals surface area contributed by atoms with Crippen LogP contribution in [0.15, 0.2) is 36.4 Å². The minimum absolute atomic E-state index is 0.0185. The lowest BCUT2D eigenvalue weighted by atomic mass is 10.1. The molecule has 2 aromatic carbocycles. The van der Waals surface area contributed by atoms with Crippen LogP contribution in [0.1, 0.15) is 36.7 Å². The standard InChI is InChI=1S/C20H22ClFN2O3/c1-20(2,3)24-19(26)15-11-14(6-7-16(15)22)23-18(25)10-12-9-13(21)5-8-17(12)27-4/h5-9,11H,10H2,1-4H3,(H,23,25)(H,24,26). The molecule has 0 aliphatic rings. The lowest BCUT2D eigenvalue weighted by Gasteiger charge is -2.21. The smallest absolute Gasteiger partial charge is 0.254 e. The molecule has 0 saturated heterocycles. The van der Waals surface area contributed by atoms with Gasteiger partial charge in [-0.2, -0.15) is 0 Å². The third kappa shape index (κ3) is 5.96. The molecule has 7 heteroatoms. The van der Waals surface area contributed by atoms with E-state index in [2.05, 4.69) is 10.6 Å². The lowest BCUT2D eigenvalue weighted by Crippen LogP contribution is -2.41. The van der Waals surface area contributed by atoms with Crippen LogP contribution in [0, 0.1) is 5.82 Å². The van der Waals surface area contributed by atoms with E-state index in [-0.39, 0.29) is 17.9 Å². The Morgan fingerprint density at radius 3 is 2.48 bits per heavy atom. The van der Waals surface area contributed by atoms with Crippen molar-refractivity contribution in [2.24, 2.45) is 0 Å². The second-order valence-electron chi connectivity index (χ2n) is 7.08. The van der Waals surface area contributed by atoms with E-state index in [0.29, 0.717) is 22.0 Å². The summed E-state index contributed by atoms with van der Waals surface area (Å²) in [6.07, 6.45) is 0.0185. The molecular weight excluding hydrogens is 371 g/mol. The molecule has 144 valence electrons. The first kappa shape index (κ1) is 20.7. The van der Waals surface area contributed by atoms with Gasteiger partial charge in [0.15, 0.2) is 0 Å². The van der Waals surface area contributed by atoms with E-state index in [1.54, 1.807) is 39.0 Å². The Bertz CT molecular complexity index is 863. The molecule has 2 amide bonds. The van der Waals surface area contributed by atoms with Gasteiger partial charge < -0.3 is 15.4 Å². The molecule has 0 unspecified atom stereocenters. The summed E-state index contributed by atoms with van der Waals surface area (Å²) >= 11 is 5.97. The third-order valence-corrected chi connectivity index (χ3v) is 3.81. The van der Waals surface area contributed by atoms with Crippen LogP contribution in [-0.4, -0.2) is 24.5 Å². The van der Waals surface area contributed by atoms with Crippen molar-refractivity contribution in [1.82, 2.24) is 5.32 Å². The highest BCUT2D eigenvalue weighted by molar-refractivity contribution is 6.30. The zero-order valence-corrected chi connectivity index (χ0v) is 16.4. The molecule has 0 spiro atoms. The van der Waals surface area contributed by atoms with Crippen LogP contribution in [0.3, 0.4) is 0 Å². The number of halogens is 2. The largest absolute Gasteiger partial charge is 0.496 e. The van der Waals surface area contributed by atoms with E-state index in [4.69, 9.17) is 16.3 Å². The number of anilines is 1. The van der Waals surface area contributed by atoms with Gasteiger partial charge in [-0.15, -0.1) is 0 Å². The van der Waals surface area contributed by atoms with Crippen molar-refractivity contribution in [3.05, 3.63) is 58.4 Å². The van der Waals surface area contributed by atoms with E-state index in [1.807, 2.05) is 0 Å². The zero-order valence-electron chi connectivity index (χ0n) is 15.7. The summed E-state index contributed by atoms with van der Waals surface area (Å²) in [6.45, 7) is 5.40. The molecule has 0 aliphatic carbocycles. The van der Waals surface area contributed by atoms with Gasteiger partial charge in [0.2, 0.25) is 5.91 Å². The third-order valence-electron chi connectivity index (χ3n) is 3.58. The fourth-order valence-electron chi connectivity index (χ4n) is 2.45. The van der Waals surface area contributed by atoms with E-state index < -0.39 is 17.3 Å². The number of ether oxygens (including phenoxy) is 1. The van der Waals surface area contributed by atoms with Crippen LogP contribution in [0.4, 0.5) is 10.1 Å². The maximum atomic E-state index is 14.0. The van der Waals surface area contributed by atoms with Gasteiger partial charge in [0.1, 0.15) is 11.6 Å². The summed E-state index contributed by atoms with van der Waals surface area (Å²) < 4.78 is 19.2. The zero-order chi connectivity index (χ0) is 20.2. The van der Waals surface area contributed by atoms with E-state index in [0.717, 1.165) is 6.07 Å². The van der Waals surface area contributed by atoms with Crippen LogP contribution < -0.4 is 15.4 Å². The SMILES string of the molecule is COc1ccc(Cl)cc1CC(=O)Nc1ccc(F)c(C(=O)NC(C)(C)C)c1. The summed E-state index contributed by atoms with van der Waals surface area (Å²) in [5, 5.41) is 5.84. The quantitative estimate of drug-likeness (QED) is 0.801. The topological polar surface area (TPSA) is 67.4 Å². The average molecular weight is 393 g/mol. The van der Waals surface area contributed by atoms with Crippen LogP contribution in [0.25, 0.3) is 0 Å². The fraction of sp³-hybridized carbons (Fsp3) is 0.300. The van der Waals surface area contributed by atoms with E-state index in [9.17, 15) is 14.0 Å². The molecule has 2 N–H and O–H groups in total. The Kier molecular flexibility index (Phi) is 6.44. The first-order chi connectivity index (χ1) is 12.6. The molecule has 5 nitrogen and oxygen atoms in total. The van der Waals surface area contributed by atoms with Gasteiger partial charge in [0.25, 0.3) is 5.91 Å². The number of hydrogen-bond donors (Lipinski definition) is 2. The molecule has 2 rings (SSSR count). The predicted octanol–water partition coefficient (Wildman–Crippen LogP) is 4.20. The van der Waals surface area contributed by atoms with Crippen LogP contribution in [0.5, 0.6) is 5.75 Å². The number of carbonyl (C=O) groups excluding carboxylic acids is 2. The number of hydrogen-bond acceptors (Lipinski definition) is 3. The molecule has 0 aromatic heterocycles. The molecular formula is C20H22ClFN2O3. The molecule has 0 heterocycles. The van der Waals surface area contributed by atoms with Crippen LogP contribution in [-0.2, 0) is 11.2 Å². The minimum atomic E-state index is -0.661. The van der Waals surface area contributed by atoms with Crippen LogP contribution >= 0.6 is 11.6 Å². The van der Waals surface area contributed by atoms with Gasteiger partial charge in [-0.3, -0.25) is 9.59 Å². The van der Waals surface area contributed by atoms with Crippen LogP contribution in [0.2, 0.25) is 5.02 Å². The monoisotopic (exact) mass is 392 g/mol. The number of methoxy groups -OCH3 is 1. The molecule has 0 atom stereocenters. The summed E-state index contributed by atoms with van der Waals surface area (Å²) in [6, 6.07) is 8.85. The molecule has 0 bridgehead atoms. The predicted molar refractivity (Wildman–Crippen MR) is 104 cm³/mol. The first-order valence-corrected chi connectivity index (χ1v) is 8.71. The van der Waals surface area contributed by atoms with Gasteiger partial charge in [-0.05, 0) is 57.2 Å². The van der Waals surface area contributed by atoms with Crippen molar-refractivity contribution in [2.75, 3.05) is 12.4 Å². The van der Waals surface area contributed by atoms with Gasteiger partial charge in [-0.1, -0.05) is 11.6 Å². The summed E-state index contributed by atoms with van der Waals surface area (Å²) in [5.41, 5.74) is 0.297. The number of rotatable bonds is 5. The maximum Gasteiger partial charge on any atom is 0.254 e. The van der Waals surface area contributed by atoms with Crippen molar-refractivity contribution < 1.29 is 18.7 Å². The number of benzene rings is 2. The Morgan fingerprint density at radius 1 is 1.15 bits per heavy atom. The maximum absolute atomic E-state index is 14.0. The lowest BCUT2D eigenvalue weighted by molar-refractivity contribution is -0.115. The van der Waals surface area contributed by atoms with Gasteiger partial charge in [0.05, 0.1) is 19.1 Å². The highest BCUT2D eigenvalue weighted by Gasteiger charge is 2.19. The number of amides is 2. The Hall–Kier alpha value is -2.60. The molecule has 27 heavy (non-hydrogen) atoms. The van der Waals surface area contributed by atoms with Crippen molar-refractivity contribution in [1.29, 1.82) is 0 Å². The summed E-state index contributed by atoms with van der Waals surface area (Å²) in [7, 11) is 1.50. The number of nitrogens with one attached hydrogen (secondary N) is 2. The fourth-order valence-corrected chi connectivity index (χ4v) is 2.64. The average Bonchev–Trinajstić information content (AvgIpc) is 2.55. The first-order valence-electron chi connectivity index (χ1n) is 8.33. The van der Waals surface area contributed by atoms with E-state index in [1.165, 1.54) is 19.2 Å². The Balaban J connectivity index is 2.16. The highest BCUT2D eigenvalue weighted by atomic mass is 35.5. The summed E-state index contributed by atoms with van der Waals surface area (Å²) in [5.74, 6) is -1.01. The van der Waals surface area contributed by atoms with Crippen molar-refractivity contribution >= 4 is 29.1 Å². The molecule has 0 radical (unpaired) electrons. The second-order valence-corrected chi connectivity index (χ2v) is 7.52. The molecule has 2 aromatic rings. The number of carbonyl (C=O) groups is 2. The Morgan fingerprint density at radius 2 is 1.85 bits per heavy atom. The normalized spacial score (nSPS) is 11.0. The Labute approximate surface area is 162 Å². The molecule has 0 fully saturated rings. The minimum Gasteiger partial charge on any atom is -0.496 e. The highest BCUT2D eigenvalue weighted by Crippen LogP contribution is 2.24. The van der Waals surface area contributed by atoms with Crippen molar-refractivity contribution in [3.63, 3.8) is 0 Å². The van der Waals surface area contributed by atoms with Crippen molar-refractivity contribution in [3.8, 4) is 5.75 Å². The summed E-state index contributed by atoms with van der Waals surface area (Å²) in [4.78, 5) is 24.6. The molecule has 0 aliphatic heterocycles. The van der Waals surface area contributed by atoms with Gasteiger partial charge in [0, 0.05) is 21.8 Å². The van der Waals surface area contributed by atoms with Gasteiger partial charge in [-0.25, -0.2) is 4.39 Å². The second kappa shape index (κ2) is 8.39.